The lowest BCUT2D eigenvalue weighted by Crippen LogP contribution is -2.48. The maximum atomic E-state index is 6.44. The molecule has 1 aliphatic rings. The maximum absolute atomic E-state index is 6.44. The van der Waals surface area contributed by atoms with Crippen LogP contribution in [0.5, 0.6) is 0 Å². The highest BCUT2D eigenvalue weighted by molar-refractivity contribution is 4.89. The molecule has 0 saturated heterocycles. The molecule has 2 nitrogen and oxygen atoms in total. The lowest BCUT2D eigenvalue weighted by Gasteiger charge is -2.43. The summed E-state index contributed by atoms with van der Waals surface area (Å²) in [5.41, 5.74) is 6.92. The molecule has 0 spiro atoms. The van der Waals surface area contributed by atoms with Gasteiger partial charge in [0.15, 0.2) is 0 Å². The third-order valence-corrected chi connectivity index (χ3v) is 5.10. The van der Waals surface area contributed by atoms with Crippen LogP contribution in [-0.4, -0.2) is 30.1 Å². The van der Waals surface area contributed by atoms with Gasteiger partial charge in [-0.25, -0.2) is 0 Å². The van der Waals surface area contributed by atoms with E-state index in [-0.39, 0.29) is 0 Å². The molecule has 20 heavy (non-hydrogen) atoms. The van der Waals surface area contributed by atoms with Crippen molar-refractivity contribution in [2.45, 2.75) is 85.7 Å². The second-order valence-electron chi connectivity index (χ2n) is 8.15. The summed E-state index contributed by atoms with van der Waals surface area (Å²) in [6.07, 6.45) is 6.31. The molecule has 2 unspecified atom stereocenters. The average molecular weight is 283 g/mol. The smallest absolute Gasteiger partial charge is 0.00902 e. The summed E-state index contributed by atoms with van der Waals surface area (Å²) in [7, 11) is 0. The summed E-state index contributed by atoms with van der Waals surface area (Å²) < 4.78 is 0. The highest BCUT2D eigenvalue weighted by Gasteiger charge is 2.34. The van der Waals surface area contributed by atoms with Crippen molar-refractivity contribution < 1.29 is 0 Å². The van der Waals surface area contributed by atoms with Crippen LogP contribution in [-0.2, 0) is 0 Å². The summed E-state index contributed by atoms with van der Waals surface area (Å²) in [4.78, 5) is 2.73. The average Bonchev–Trinajstić information content (AvgIpc) is 2.34. The summed E-state index contributed by atoms with van der Waals surface area (Å²) in [6.45, 7) is 16.6. The van der Waals surface area contributed by atoms with E-state index in [2.05, 4.69) is 46.4 Å². The third-order valence-electron chi connectivity index (χ3n) is 5.10. The second kappa shape index (κ2) is 7.79. The lowest BCUT2D eigenvalue weighted by atomic mass is 9.70. The lowest BCUT2D eigenvalue weighted by molar-refractivity contribution is 0.0820. The van der Waals surface area contributed by atoms with Gasteiger partial charge in [-0.3, -0.25) is 4.90 Å². The first-order chi connectivity index (χ1) is 9.29. The summed E-state index contributed by atoms with van der Waals surface area (Å²) >= 11 is 0. The minimum Gasteiger partial charge on any atom is -0.327 e. The van der Waals surface area contributed by atoms with Crippen LogP contribution in [0.2, 0.25) is 0 Å². The second-order valence-corrected chi connectivity index (χ2v) is 8.15. The van der Waals surface area contributed by atoms with E-state index in [1.54, 1.807) is 0 Å². The number of hydrogen-bond acceptors (Lipinski definition) is 2. The molecule has 0 aromatic heterocycles. The number of nitrogens with two attached hydrogens (primary N) is 1. The first-order valence-electron chi connectivity index (χ1n) is 8.78. The highest BCUT2D eigenvalue weighted by Crippen LogP contribution is 2.38. The Kier molecular flexibility index (Phi) is 7.00. The molecule has 0 aromatic rings. The van der Waals surface area contributed by atoms with Gasteiger partial charge in [0.05, 0.1) is 0 Å². The van der Waals surface area contributed by atoms with Crippen molar-refractivity contribution in [2.24, 2.45) is 23.0 Å². The number of nitrogens with zero attached hydrogens (tertiary/aromatic N) is 1. The molecule has 1 aliphatic carbocycles. The summed E-state index contributed by atoms with van der Waals surface area (Å²) in [6, 6.07) is 1.14. The Bertz CT molecular complexity index is 269. The number of rotatable bonds is 7. The van der Waals surface area contributed by atoms with Gasteiger partial charge in [-0.05, 0) is 49.4 Å². The molecular formula is C18H38N2. The zero-order valence-corrected chi connectivity index (χ0v) is 14.8. The van der Waals surface area contributed by atoms with E-state index in [1.807, 2.05) is 0 Å². The Labute approximate surface area is 127 Å². The van der Waals surface area contributed by atoms with Crippen LogP contribution in [0, 0.1) is 17.3 Å². The normalized spacial score (nSPS) is 26.7. The molecule has 2 N–H and O–H groups in total. The monoisotopic (exact) mass is 282 g/mol. The fourth-order valence-electron chi connectivity index (χ4n) is 3.90. The van der Waals surface area contributed by atoms with E-state index in [4.69, 9.17) is 5.73 Å². The van der Waals surface area contributed by atoms with Crippen LogP contribution in [0.1, 0.15) is 73.6 Å². The highest BCUT2D eigenvalue weighted by atomic mass is 15.2. The fourth-order valence-corrected chi connectivity index (χ4v) is 3.90. The van der Waals surface area contributed by atoms with E-state index >= 15 is 0 Å². The van der Waals surface area contributed by atoms with Crippen molar-refractivity contribution >= 4 is 0 Å². The largest absolute Gasteiger partial charge is 0.327 e. The van der Waals surface area contributed by atoms with E-state index < -0.39 is 0 Å². The van der Waals surface area contributed by atoms with Crippen LogP contribution in [0.4, 0.5) is 0 Å². The Morgan fingerprint density at radius 1 is 1.20 bits per heavy atom. The van der Waals surface area contributed by atoms with Crippen molar-refractivity contribution in [3.05, 3.63) is 0 Å². The maximum Gasteiger partial charge on any atom is 0.00902 e. The van der Waals surface area contributed by atoms with Crippen LogP contribution in [0.15, 0.2) is 0 Å². The molecule has 2 atom stereocenters. The van der Waals surface area contributed by atoms with Crippen molar-refractivity contribution in [2.75, 3.05) is 13.1 Å². The molecule has 0 aliphatic heterocycles. The van der Waals surface area contributed by atoms with E-state index in [0.717, 1.165) is 12.0 Å². The topological polar surface area (TPSA) is 29.3 Å². The van der Waals surface area contributed by atoms with Crippen molar-refractivity contribution in [1.82, 2.24) is 4.90 Å². The van der Waals surface area contributed by atoms with Crippen LogP contribution >= 0.6 is 0 Å². The molecular weight excluding hydrogens is 244 g/mol. The SMILES string of the molecule is CCC(CC)N(CC(C)C)CC1CC(C)(C)CCC1N. The van der Waals surface area contributed by atoms with Crippen molar-refractivity contribution in [1.29, 1.82) is 0 Å². The zero-order valence-electron chi connectivity index (χ0n) is 14.8. The van der Waals surface area contributed by atoms with Gasteiger partial charge in [0, 0.05) is 25.2 Å². The minimum absolute atomic E-state index is 0.409. The Balaban J connectivity index is 2.71. The van der Waals surface area contributed by atoms with E-state index in [0.29, 0.717) is 17.4 Å². The Morgan fingerprint density at radius 2 is 1.80 bits per heavy atom. The summed E-state index contributed by atoms with van der Waals surface area (Å²) in [5.74, 6) is 1.42. The molecule has 0 heterocycles. The first kappa shape index (κ1) is 18.0. The van der Waals surface area contributed by atoms with Gasteiger partial charge >= 0.3 is 0 Å². The molecule has 0 amide bonds. The fraction of sp³-hybridized carbons (Fsp3) is 1.00. The van der Waals surface area contributed by atoms with Crippen LogP contribution < -0.4 is 5.73 Å². The van der Waals surface area contributed by atoms with Gasteiger partial charge in [0.2, 0.25) is 0 Å². The van der Waals surface area contributed by atoms with Gasteiger partial charge in [-0.2, -0.15) is 0 Å². The number of hydrogen-bond donors (Lipinski definition) is 1. The molecule has 0 radical (unpaired) electrons. The van der Waals surface area contributed by atoms with Crippen LogP contribution in [0.3, 0.4) is 0 Å². The molecule has 120 valence electrons. The minimum atomic E-state index is 0.409. The van der Waals surface area contributed by atoms with Gasteiger partial charge in [-0.1, -0.05) is 41.5 Å². The molecule has 2 heteroatoms. The Hall–Kier alpha value is -0.0800. The first-order valence-corrected chi connectivity index (χ1v) is 8.78. The van der Waals surface area contributed by atoms with Crippen molar-refractivity contribution in [3.8, 4) is 0 Å². The molecule has 1 saturated carbocycles. The molecule has 0 aromatic carbocycles. The Morgan fingerprint density at radius 3 is 2.30 bits per heavy atom. The van der Waals surface area contributed by atoms with Gasteiger partial charge in [0.1, 0.15) is 0 Å². The third kappa shape index (κ3) is 5.37. The predicted molar refractivity (Wildman–Crippen MR) is 89.9 cm³/mol. The molecule has 0 bridgehead atoms. The van der Waals surface area contributed by atoms with E-state index in [1.165, 1.54) is 45.2 Å². The van der Waals surface area contributed by atoms with Gasteiger partial charge in [-0.15, -0.1) is 0 Å². The quantitative estimate of drug-likeness (QED) is 0.755. The standard InChI is InChI=1S/C18H38N2/c1-7-16(8-2)20(12-14(3)4)13-15-11-18(5,6)10-9-17(15)19/h14-17H,7-13,19H2,1-6H3. The van der Waals surface area contributed by atoms with Crippen molar-refractivity contribution in [3.63, 3.8) is 0 Å². The van der Waals surface area contributed by atoms with Gasteiger partial charge in [0.25, 0.3) is 0 Å². The molecule has 1 fully saturated rings. The zero-order chi connectivity index (χ0) is 15.3. The van der Waals surface area contributed by atoms with E-state index in [9.17, 15) is 0 Å². The van der Waals surface area contributed by atoms with Gasteiger partial charge < -0.3 is 5.73 Å². The summed E-state index contributed by atoms with van der Waals surface area (Å²) in [5, 5.41) is 0. The molecule has 1 rings (SSSR count). The predicted octanol–water partition coefficient (Wildman–Crippen LogP) is 4.29. The van der Waals surface area contributed by atoms with Crippen LogP contribution in [0.25, 0.3) is 0 Å².